The minimum atomic E-state index is -4.13. The number of hydrogen-bond donors (Lipinski definition) is 1. The van der Waals surface area contributed by atoms with Crippen LogP contribution in [0.25, 0.3) is 0 Å². The molecule has 0 radical (unpaired) electrons. The van der Waals surface area contributed by atoms with Crippen molar-refractivity contribution >= 4 is 0 Å². The third kappa shape index (κ3) is 6.07. The predicted octanol–water partition coefficient (Wildman–Crippen LogP) is 1.45. The minimum Gasteiger partial charge on any atom is -0.299 e. The van der Waals surface area contributed by atoms with Crippen LogP contribution in [-0.2, 0) is 0 Å². The molecule has 1 N–H and O–H groups in total. The van der Waals surface area contributed by atoms with Gasteiger partial charge in [-0.1, -0.05) is 6.92 Å². The molecule has 116 valence electrons. The van der Waals surface area contributed by atoms with E-state index in [1.54, 1.807) is 0 Å². The average Bonchev–Trinajstić information content (AvgIpc) is 2.37. The van der Waals surface area contributed by atoms with Crippen LogP contribution in [-0.4, -0.2) is 67.3 Å². The van der Waals surface area contributed by atoms with Crippen molar-refractivity contribution in [2.45, 2.75) is 32.0 Å². The van der Waals surface area contributed by atoms with Crippen LogP contribution >= 0.6 is 0 Å². The second-order valence-corrected chi connectivity index (χ2v) is 5.54. The smallest absolute Gasteiger partial charge is 0.299 e. The molecule has 0 bridgehead atoms. The molecule has 0 aromatic heterocycles. The van der Waals surface area contributed by atoms with Crippen LogP contribution in [0, 0.1) is 11.3 Å². The number of hydrogen-bond acceptors (Lipinski definition) is 4. The van der Waals surface area contributed by atoms with E-state index in [4.69, 9.17) is 0 Å². The number of nitriles is 1. The second-order valence-electron chi connectivity index (χ2n) is 5.54. The molecule has 7 heteroatoms. The lowest BCUT2D eigenvalue weighted by molar-refractivity contribution is -0.149. The summed E-state index contributed by atoms with van der Waals surface area (Å²) in [5.74, 6) is 0. The monoisotopic (exact) mass is 292 g/mol. The molecule has 0 aromatic carbocycles. The fourth-order valence-corrected chi connectivity index (χ4v) is 2.34. The summed E-state index contributed by atoms with van der Waals surface area (Å²) in [5.41, 5.74) is -0.637. The van der Waals surface area contributed by atoms with Crippen molar-refractivity contribution in [1.29, 1.82) is 5.26 Å². The molecule has 0 spiro atoms. The summed E-state index contributed by atoms with van der Waals surface area (Å²) in [6.45, 7) is 6.27. The molecular formula is C13H23F3N4. The molecule has 0 aliphatic carbocycles. The van der Waals surface area contributed by atoms with Gasteiger partial charge < -0.3 is 0 Å². The molecule has 0 amide bonds. The molecule has 1 aliphatic rings. The number of nitrogens with one attached hydrogen (secondary N) is 1. The summed E-state index contributed by atoms with van der Waals surface area (Å²) in [7, 11) is 0. The maximum absolute atomic E-state index is 12.3. The molecule has 1 unspecified atom stereocenters. The molecule has 4 nitrogen and oxygen atoms in total. The zero-order valence-electron chi connectivity index (χ0n) is 12.1. The molecule has 0 saturated carbocycles. The van der Waals surface area contributed by atoms with Crippen molar-refractivity contribution in [1.82, 2.24) is 15.1 Å². The Morgan fingerprint density at radius 1 is 1.10 bits per heavy atom. The van der Waals surface area contributed by atoms with Gasteiger partial charge >= 0.3 is 6.18 Å². The molecule has 1 saturated heterocycles. The molecule has 1 fully saturated rings. The zero-order chi connectivity index (χ0) is 15.2. The Labute approximate surface area is 118 Å². The summed E-state index contributed by atoms with van der Waals surface area (Å²) in [5, 5.41) is 12.4. The number of rotatable bonds is 6. The van der Waals surface area contributed by atoms with Crippen LogP contribution in [0.4, 0.5) is 13.2 Å². The van der Waals surface area contributed by atoms with Gasteiger partial charge in [0.1, 0.15) is 5.54 Å². The summed E-state index contributed by atoms with van der Waals surface area (Å²) in [4.78, 5) is 3.47. The molecular weight excluding hydrogens is 269 g/mol. The molecule has 20 heavy (non-hydrogen) atoms. The quantitative estimate of drug-likeness (QED) is 0.804. The first-order valence-corrected chi connectivity index (χ1v) is 6.96. The van der Waals surface area contributed by atoms with Gasteiger partial charge in [0.05, 0.1) is 12.6 Å². The molecule has 1 rings (SSSR count). The minimum absolute atomic E-state index is 0.398. The Morgan fingerprint density at radius 2 is 1.60 bits per heavy atom. The van der Waals surface area contributed by atoms with Crippen LogP contribution in [0.15, 0.2) is 0 Å². The first kappa shape index (κ1) is 17.2. The van der Waals surface area contributed by atoms with Gasteiger partial charge in [-0.3, -0.25) is 15.1 Å². The number of halogens is 3. The van der Waals surface area contributed by atoms with E-state index in [0.29, 0.717) is 32.7 Å². The number of piperazine rings is 1. The predicted molar refractivity (Wildman–Crippen MR) is 71.2 cm³/mol. The summed E-state index contributed by atoms with van der Waals surface area (Å²) in [6, 6.07) is 2.26. The Balaban J connectivity index is 2.40. The van der Waals surface area contributed by atoms with Gasteiger partial charge in [0.2, 0.25) is 0 Å². The Morgan fingerprint density at radius 3 is 2.00 bits per heavy atom. The van der Waals surface area contributed by atoms with E-state index in [1.807, 2.05) is 13.8 Å². The van der Waals surface area contributed by atoms with E-state index in [-0.39, 0.29) is 0 Å². The third-order valence-electron chi connectivity index (χ3n) is 3.42. The van der Waals surface area contributed by atoms with Crippen molar-refractivity contribution in [2.24, 2.45) is 0 Å². The lowest BCUT2D eigenvalue weighted by Crippen LogP contribution is -2.56. The van der Waals surface area contributed by atoms with Gasteiger partial charge in [0, 0.05) is 32.7 Å². The van der Waals surface area contributed by atoms with Gasteiger partial charge in [-0.15, -0.1) is 0 Å². The first-order valence-electron chi connectivity index (χ1n) is 6.96. The lowest BCUT2D eigenvalue weighted by atomic mass is 10.0. The van der Waals surface area contributed by atoms with Gasteiger partial charge in [-0.2, -0.15) is 18.4 Å². The van der Waals surface area contributed by atoms with Crippen LogP contribution in [0.3, 0.4) is 0 Å². The Kier molecular flexibility index (Phi) is 6.24. The second kappa shape index (κ2) is 7.25. The average molecular weight is 292 g/mol. The first-order chi connectivity index (χ1) is 9.28. The van der Waals surface area contributed by atoms with Crippen LogP contribution in [0.5, 0.6) is 0 Å². The van der Waals surface area contributed by atoms with Crippen LogP contribution in [0.1, 0.15) is 20.3 Å². The molecule has 1 heterocycles. The lowest BCUT2D eigenvalue weighted by Gasteiger charge is -2.38. The zero-order valence-corrected chi connectivity index (χ0v) is 12.1. The summed E-state index contributed by atoms with van der Waals surface area (Å²) in [6.07, 6.45) is -3.19. The van der Waals surface area contributed by atoms with E-state index in [1.165, 1.54) is 4.90 Å². The van der Waals surface area contributed by atoms with E-state index in [9.17, 15) is 18.4 Å². The Bertz CT molecular complexity index is 331. The number of alkyl halides is 3. The van der Waals surface area contributed by atoms with Gasteiger partial charge in [0.15, 0.2) is 0 Å². The van der Waals surface area contributed by atoms with Crippen molar-refractivity contribution in [3.63, 3.8) is 0 Å². The SMILES string of the molecule is CCCNC(C)(C#N)CN1CCN(CC(F)(F)F)CC1. The molecule has 1 aliphatic heterocycles. The van der Waals surface area contributed by atoms with Crippen molar-refractivity contribution in [3.8, 4) is 6.07 Å². The van der Waals surface area contributed by atoms with E-state index < -0.39 is 18.3 Å². The van der Waals surface area contributed by atoms with E-state index >= 15 is 0 Å². The van der Waals surface area contributed by atoms with E-state index in [0.717, 1.165) is 13.0 Å². The normalized spacial score (nSPS) is 21.4. The standard InChI is InChI=1S/C13H23F3N4/c1-3-4-18-12(2,9-17)10-19-5-7-20(8-6-19)11-13(14,15)16/h18H,3-8,10-11H2,1-2H3. The van der Waals surface area contributed by atoms with Crippen molar-refractivity contribution < 1.29 is 13.2 Å². The summed E-state index contributed by atoms with van der Waals surface area (Å²) >= 11 is 0. The topological polar surface area (TPSA) is 42.3 Å². The fraction of sp³-hybridized carbons (Fsp3) is 0.923. The highest BCUT2D eigenvalue weighted by Gasteiger charge is 2.33. The maximum Gasteiger partial charge on any atom is 0.401 e. The van der Waals surface area contributed by atoms with Crippen molar-refractivity contribution in [3.05, 3.63) is 0 Å². The highest BCUT2D eigenvalue weighted by molar-refractivity contribution is 5.06. The van der Waals surface area contributed by atoms with Gasteiger partial charge in [-0.25, -0.2) is 0 Å². The van der Waals surface area contributed by atoms with Crippen molar-refractivity contribution in [2.75, 3.05) is 45.8 Å². The highest BCUT2D eigenvalue weighted by atomic mass is 19.4. The van der Waals surface area contributed by atoms with Crippen LogP contribution in [0.2, 0.25) is 0 Å². The largest absolute Gasteiger partial charge is 0.401 e. The van der Waals surface area contributed by atoms with Gasteiger partial charge in [0.25, 0.3) is 0 Å². The number of nitrogens with zero attached hydrogens (tertiary/aromatic N) is 3. The highest BCUT2D eigenvalue weighted by Crippen LogP contribution is 2.18. The third-order valence-corrected chi connectivity index (χ3v) is 3.42. The van der Waals surface area contributed by atoms with E-state index in [2.05, 4.69) is 16.3 Å². The van der Waals surface area contributed by atoms with Gasteiger partial charge in [-0.05, 0) is 19.9 Å². The van der Waals surface area contributed by atoms with Crippen LogP contribution < -0.4 is 5.32 Å². The molecule has 1 atom stereocenters. The summed E-state index contributed by atoms with van der Waals surface area (Å²) < 4.78 is 36.9. The molecule has 0 aromatic rings. The Hall–Kier alpha value is -0.840. The fourth-order valence-electron chi connectivity index (χ4n) is 2.34. The maximum atomic E-state index is 12.3.